The number of carbonyl (C=O) groups excluding carboxylic acids is 2. The van der Waals surface area contributed by atoms with Crippen LogP contribution in [0.2, 0.25) is 0 Å². The molecule has 22 heavy (non-hydrogen) atoms. The van der Waals surface area contributed by atoms with E-state index in [1.54, 1.807) is 20.8 Å². The molecule has 0 bridgehead atoms. The molecule has 0 aromatic rings. The highest BCUT2D eigenvalue weighted by molar-refractivity contribution is 5.90. The average Bonchev–Trinajstić information content (AvgIpc) is 2.72. The molecule has 0 spiro atoms. The second-order valence-corrected chi connectivity index (χ2v) is 6.61. The highest BCUT2D eigenvalue weighted by Crippen LogP contribution is 2.28. The van der Waals surface area contributed by atoms with E-state index in [2.05, 4.69) is 5.32 Å². The first-order chi connectivity index (χ1) is 10.2. The predicted molar refractivity (Wildman–Crippen MR) is 78.2 cm³/mol. The number of carboxylic acids is 1. The zero-order chi connectivity index (χ0) is 16.5. The minimum absolute atomic E-state index is 0.209. The van der Waals surface area contributed by atoms with Crippen molar-refractivity contribution in [2.75, 3.05) is 0 Å². The van der Waals surface area contributed by atoms with E-state index in [4.69, 9.17) is 4.74 Å². The lowest BCUT2D eigenvalue weighted by molar-refractivity contribution is -0.149. The van der Waals surface area contributed by atoms with Crippen LogP contribution in [0.5, 0.6) is 0 Å². The van der Waals surface area contributed by atoms with E-state index in [1.807, 2.05) is 12.2 Å². The number of carboxylic acid groups (broad SMARTS) is 1. The van der Waals surface area contributed by atoms with Gasteiger partial charge >= 0.3 is 12.1 Å². The Morgan fingerprint density at radius 1 is 1.36 bits per heavy atom. The number of hydrogen-bond acceptors (Lipinski definition) is 4. The van der Waals surface area contributed by atoms with Crippen LogP contribution < -0.4 is 5.32 Å². The van der Waals surface area contributed by atoms with Crippen molar-refractivity contribution in [2.24, 2.45) is 0 Å². The lowest BCUT2D eigenvalue weighted by atomic mass is 10.1. The molecule has 2 heterocycles. The van der Waals surface area contributed by atoms with Crippen LogP contribution in [0.1, 0.15) is 40.0 Å². The molecule has 0 saturated carbocycles. The Balaban J connectivity index is 2.10. The molecule has 1 fully saturated rings. The van der Waals surface area contributed by atoms with Crippen molar-refractivity contribution in [1.82, 2.24) is 10.2 Å². The Morgan fingerprint density at radius 2 is 2.05 bits per heavy atom. The number of ether oxygens (including phenoxy) is 1. The Hall–Kier alpha value is -2.05. The van der Waals surface area contributed by atoms with E-state index in [1.165, 1.54) is 4.90 Å². The Kier molecular flexibility index (Phi) is 4.44. The van der Waals surface area contributed by atoms with Crippen molar-refractivity contribution in [1.29, 1.82) is 0 Å². The summed E-state index contributed by atoms with van der Waals surface area (Å²) in [4.78, 5) is 37.1. The number of fused-ring (bicyclic) bond motifs is 1. The smallest absolute Gasteiger partial charge is 0.408 e. The standard InChI is InChI=1S/C15H22N2O5/c1-15(2,3)22-14(21)16-10-6-4-5-9-7-8-11(13(19)20)17(9)12(10)18/h4-5,9-11H,6-8H2,1-3H3,(H,16,21)(H,19,20)/t9-,10-,11-/m0/s1. The summed E-state index contributed by atoms with van der Waals surface area (Å²) in [6.07, 6.45) is 4.36. The van der Waals surface area contributed by atoms with E-state index in [9.17, 15) is 19.5 Å². The minimum Gasteiger partial charge on any atom is -0.480 e. The fraction of sp³-hybridized carbons (Fsp3) is 0.667. The number of aliphatic carboxylic acids is 1. The third-order valence-electron chi connectivity index (χ3n) is 3.69. The molecule has 0 aromatic heterocycles. The summed E-state index contributed by atoms with van der Waals surface area (Å²) < 4.78 is 5.15. The molecule has 2 aliphatic heterocycles. The molecule has 122 valence electrons. The van der Waals surface area contributed by atoms with Gasteiger partial charge in [-0.1, -0.05) is 12.2 Å². The fourth-order valence-electron chi connectivity index (χ4n) is 2.81. The van der Waals surface area contributed by atoms with Gasteiger partial charge in [0.1, 0.15) is 17.7 Å². The van der Waals surface area contributed by atoms with Gasteiger partial charge in [0.2, 0.25) is 5.91 Å². The van der Waals surface area contributed by atoms with Crippen molar-refractivity contribution >= 4 is 18.0 Å². The van der Waals surface area contributed by atoms with Gasteiger partial charge in [0.25, 0.3) is 0 Å². The van der Waals surface area contributed by atoms with Crippen molar-refractivity contribution in [3.63, 3.8) is 0 Å². The molecule has 7 nitrogen and oxygen atoms in total. The van der Waals surface area contributed by atoms with Gasteiger partial charge in [0.05, 0.1) is 6.04 Å². The zero-order valence-corrected chi connectivity index (χ0v) is 13.0. The molecule has 2 N–H and O–H groups in total. The highest BCUT2D eigenvalue weighted by Gasteiger charge is 2.43. The van der Waals surface area contributed by atoms with Crippen LogP contribution in [0.25, 0.3) is 0 Å². The number of rotatable bonds is 2. The number of hydrogen-bond donors (Lipinski definition) is 2. The number of nitrogens with one attached hydrogen (secondary N) is 1. The van der Waals surface area contributed by atoms with Gasteiger partial charge in [-0.2, -0.15) is 0 Å². The molecule has 1 saturated heterocycles. The molecular formula is C15H22N2O5. The van der Waals surface area contributed by atoms with Crippen molar-refractivity contribution in [2.45, 2.75) is 63.8 Å². The molecule has 0 aromatic carbocycles. The van der Waals surface area contributed by atoms with Gasteiger partial charge in [0.15, 0.2) is 0 Å². The summed E-state index contributed by atoms with van der Waals surface area (Å²) >= 11 is 0. The van der Waals surface area contributed by atoms with Gasteiger partial charge in [-0.25, -0.2) is 9.59 Å². The van der Waals surface area contributed by atoms with Gasteiger partial charge in [-0.15, -0.1) is 0 Å². The number of amides is 2. The molecule has 7 heteroatoms. The molecule has 3 atom stereocenters. The molecule has 2 amide bonds. The van der Waals surface area contributed by atoms with Gasteiger partial charge in [0, 0.05) is 0 Å². The van der Waals surface area contributed by atoms with Crippen LogP contribution >= 0.6 is 0 Å². The first-order valence-corrected chi connectivity index (χ1v) is 7.40. The van der Waals surface area contributed by atoms with Crippen molar-refractivity contribution in [3.8, 4) is 0 Å². The SMILES string of the molecule is CC(C)(C)OC(=O)N[C@H]1CC=C[C@H]2CC[C@@H](C(=O)O)N2C1=O. The monoisotopic (exact) mass is 310 g/mol. The third kappa shape index (κ3) is 3.58. The van der Waals surface area contributed by atoms with Crippen LogP contribution in [0, 0.1) is 0 Å². The summed E-state index contributed by atoms with van der Waals surface area (Å²) in [5.41, 5.74) is -0.659. The summed E-state index contributed by atoms with van der Waals surface area (Å²) in [6, 6.07) is -1.83. The van der Waals surface area contributed by atoms with Gasteiger partial charge in [-0.05, 0) is 40.0 Å². The largest absolute Gasteiger partial charge is 0.480 e. The van der Waals surface area contributed by atoms with Gasteiger partial charge < -0.3 is 20.1 Å². The van der Waals surface area contributed by atoms with E-state index >= 15 is 0 Å². The second kappa shape index (κ2) is 5.98. The number of alkyl carbamates (subject to hydrolysis) is 1. The molecule has 2 rings (SSSR count). The van der Waals surface area contributed by atoms with Crippen LogP contribution in [-0.4, -0.2) is 51.7 Å². The summed E-state index contributed by atoms with van der Waals surface area (Å²) in [7, 11) is 0. The predicted octanol–water partition coefficient (Wildman–Crippen LogP) is 1.28. The van der Waals surface area contributed by atoms with Crippen molar-refractivity contribution in [3.05, 3.63) is 12.2 Å². The Labute approximate surface area is 129 Å². The normalized spacial score (nSPS) is 28.0. The molecular weight excluding hydrogens is 288 g/mol. The van der Waals surface area contributed by atoms with Crippen LogP contribution in [0.3, 0.4) is 0 Å². The maximum absolute atomic E-state index is 12.6. The third-order valence-corrected chi connectivity index (χ3v) is 3.69. The van der Waals surface area contributed by atoms with E-state index in [-0.39, 0.29) is 11.9 Å². The summed E-state index contributed by atoms with van der Waals surface area (Å²) in [5, 5.41) is 11.8. The fourth-order valence-corrected chi connectivity index (χ4v) is 2.81. The average molecular weight is 310 g/mol. The minimum atomic E-state index is -1.01. The topological polar surface area (TPSA) is 95.9 Å². The Morgan fingerprint density at radius 3 is 2.64 bits per heavy atom. The maximum atomic E-state index is 12.6. The molecule has 2 aliphatic rings. The lowest BCUT2D eigenvalue weighted by Crippen LogP contribution is -2.53. The summed E-state index contributed by atoms with van der Waals surface area (Å²) in [6.45, 7) is 5.20. The van der Waals surface area contributed by atoms with Crippen LogP contribution in [0.15, 0.2) is 12.2 Å². The quantitative estimate of drug-likeness (QED) is 0.749. The van der Waals surface area contributed by atoms with Crippen LogP contribution in [0.4, 0.5) is 4.79 Å². The van der Waals surface area contributed by atoms with Crippen molar-refractivity contribution < 1.29 is 24.2 Å². The lowest BCUT2D eigenvalue weighted by Gasteiger charge is -2.29. The first kappa shape index (κ1) is 16.3. The second-order valence-electron chi connectivity index (χ2n) is 6.61. The highest BCUT2D eigenvalue weighted by atomic mass is 16.6. The Bertz CT molecular complexity index is 509. The van der Waals surface area contributed by atoms with E-state index in [0.29, 0.717) is 19.3 Å². The van der Waals surface area contributed by atoms with Gasteiger partial charge in [-0.3, -0.25) is 4.79 Å². The van der Waals surface area contributed by atoms with Crippen LogP contribution in [-0.2, 0) is 14.3 Å². The molecule has 0 aliphatic carbocycles. The number of nitrogens with zero attached hydrogens (tertiary/aromatic N) is 1. The molecule has 0 radical (unpaired) electrons. The maximum Gasteiger partial charge on any atom is 0.408 e. The molecule has 0 unspecified atom stereocenters. The van der Waals surface area contributed by atoms with E-state index < -0.39 is 29.7 Å². The zero-order valence-electron chi connectivity index (χ0n) is 13.0. The summed E-state index contributed by atoms with van der Waals surface area (Å²) in [5.74, 6) is -1.38. The first-order valence-electron chi connectivity index (χ1n) is 7.40. The van der Waals surface area contributed by atoms with E-state index in [0.717, 1.165) is 0 Å². The number of carbonyl (C=O) groups is 3.